The molecule has 152 valence electrons. The van der Waals surface area contributed by atoms with Gasteiger partial charge in [0, 0.05) is 13.1 Å². The van der Waals surface area contributed by atoms with Crippen molar-refractivity contribution in [3.05, 3.63) is 89.1 Å². The van der Waals surface area contributed by atoms with Crippen molar-refractivity contribution in [3.8, 4) is 16.4 Å². The number of rotatable bonds is 6. The Balaban J connectivity index is 1.71. The second-order valence-corrected chi connectivity index (χ2v) is 7.52. The number of halogens is 2. The summed E-state index contributed by atoms with van der Waals surface area (Å²) in [7, 11) is 0. The number of nitrogens with zero attached hydrogens (tertiary/aromatic N) is 4. The second-order valence-electron chi connectivity index (χ2n) is 6.58. The molecule has 0 N–H and O–H groups in total. The van der Waals surface area contributed by atoms with Gasteiger partial charge < -0.3 is 4.90 Å². The van der Waals surface area contributed by atoms with Crippen LogP contribution < -0.4 is 0 Å². The minimum atomic E-state index is -0.408. The number of hydrogen-bond acceptors (Lipinski definition) is 4. The molecule has 2 heterocycles. The summed E-state index contributed by atoms with van der Waals surface area (Å²) >= 11 is 1.45. The van der Waals surface area contributed by atoms with Gasteiger partial charge in [-0.2, -0.15) is 0 Å². The van der Waals surface area contributed by atoms with E-state index in [0.717, 1.165) is 4.88 Å². The molecule has 0 saturated heterocycles. The molecule has 8 heteroatoms. The molecule has 2 aromatic heterocycles. The first kappa shape index (κ1) is 19.9. The highest BCUT2D eigenvalue weighted by Gasteiger charge is 2.23. The molecule has 4 rings (SSSR count). The predicted molar refractivity (Wildman–Crippen MR) is 111 cm³/mol. The average Bonchev–Trinajstić information content (AvgIpc) is 3.41. The molecular formula is C22H18F2N4OS. The zero-order chi connectivity index (χ0) is 21.1. The first-order chi connectivity index (χ1) is 14.5. The summed E-state index contributed by atoms with van der Waals surface area (Å²) in [6, 6.07) is 15.8. The lowest BCUT2D eigenvalue weighted by molar-refractivity contribution is 0.0740. The van der Waals surface area contributed by atoms with Crippen LogP contribution in [0.1, 0.15) is 23.1 Å². The van der Waals surface area contributed by atoms with E-state index >= 15 is 0 Å². The molecule has 0 aliphatic heterocycles. The highest BCUT2D eigenvalue weighted by atomic mass is 32.1. The van der Waals surface area contributed by atoms with Gasteiger partial charge in [0.25, 0.3) is 5.91 Å². The van der Waals surface area contributed by atoms with E-state index in [2.05, 4.69) is 10.1 Å². The number of benzene rings is 2. The van der Waals surface area contributed by atoms with Gasteiger partial charge in [0.2, 0.25) is 5.82 Å². The van der Waals surface area contributed by atoms with Gasteiger partial charge >= 0.3 is 0 Å². The lowest BCUT2D eigenvalue weighted by atomic mass is 10.2. The van der Waals surface area contributed by atoms with Crippen molar-refractivity contribution in [2.24, 2.45) is 0 Å². The Bertz CT molecular complexity index is 1170. The molecule has 0 bridgehead atoms. The highest BCUT2D eigenvalue weighted by Crippen LogP contribution is 2.26. The summed E-state index contributed by atoms with van der Waals surface area (Å²) in [5, 5.41) is 6.28. The molecule has 4 aromatic rings. The molecule has 0 aliphatic rings. The molecule has 2 aromatic carbocycles. The lowest BCUT2D eigenvalue weighted by Gasteiger charge is -2.19. The first-order valence-electron chi connectivity index (χ1n) is 9.35. The summed E-state index contributed by atoms with van der Waals surface area (Å²) in [4.78, 5) is 19.9. The summed E-state index contributed by atoms with van der Waals surface area (Å²) in [5.41, 5.74) is 1.14. The van der Waals surface area contributed by atoms with Crippen LogP contribution >= 0.6 is 11.3 Å². The summed E-state index contributed by atoms with van der Waals surface area (Å²) in [6.07, 6.45) is 0. The lowest BCUT2D eigenvalue weighted by Crippen LogP contribution is -2.31. The van der Waals surface area contributed by atoms with Gasteiger partial charge in [-0.1, -0.05) is 24.3 Å². The van der Waals surface area contributed by atoms with E-state index in [-0.39, 0.29) is 24.1 Å². The molecule has 0 radical (unpaired) electrons. The van der Waals surface area contributed by atoms with Crippen molar-refractivity contribution in [1.29, 1.82) is 0 Å². The highest BCUT2D eigenvalue weighted by molar-refractivity contribution is 7.13. The molecule has 0 aliphatic carbocycles. The van der Waals surface area contributed by atoms with Gasteiger partial charge in [-0.05, 0) is 54.3 Å². The van der Waals surface area contributed by atoms with E-state index in [4.69, 9.17) is 0 Å². The van der Waals surface area contributed by atoms with Crippen LogP contribution in [0.5, 0.6) is 0 Å². The van der Waals surface area contributed by atoms with Crippen molar-refractivity contribution in [1.82, 2.24) is 19.7 Å². The molecule has 0 atom stereocenters. The number of aromatic nitrogens is 3. The number of hydrogen-bond donors (Lipinski definition) is 0. The minimum absolute atomic E-state index is 0.000847. The summed E-state index contributed by atoms with van der Waals surface area (Å²) in [6.45, 7) is 2.47. The van der Waals surface area contributed by atoms with E-state index in [1.807, 2.05) is 24.4 Å². The predicted octanol–water partition coefficient (Wildman–Crippen LogP) is 4.94. The number of carbonyl (C=O) groups is 1. The molecule has 30 heavy (non-hydrogen) atoms. The van der Waals surface area contributed by atoms with Gasteiger partial charge in [-0.15, -0.1) is 16.4 Å². The third kappa shape index (κ3) is 4.13. The van der Waals surface area contributed by atoms with Crippen LogP contribution in [0.2, 0.25) is 0 Å². The van der Waals surface area contributed by atoms with E-state index in [0.29, 0.717) is 23.6 Å². The molecule has 5 nitrogen and oxygen atoms in total. The molecule has 0 unspecified atom stereocenters. The van der Waals surface area contributed by atoms with Crippen LogP contribution in [0.3, 0.4) is 0 Å². The average molecular weight is 424 g/mol. The van der Waals surface area contributed by atoms with E-state index in [9.17, 15) is 13.6 Å². The summed E-state index contributed by atoms with van der Waals surface area (Å²) in [5.74, 6) is -0.685. The van der Waals surface area contributed by atoms with Crippen LogP contribution in [0.25, 0.3) is 16.4 Å². The van der Waals surface area contributed by atoms with Crippen LogP contribution in [0, 0.1) is 11.6 Å². The summed E-state index contributed by atoms with van der Waals surface area (Å²) < 4.78 is 28.8. The van der Waals surface area contributed by atoms with Gasteiger partial charge in [-0.25, -0.2) is 18.4 Å². The Labute approximate surface area is 176 Å². The Hall–Kier alpha value is -3.39. The zero-order valence-electron chi connectivity index (χ0n) is 16.1. The third-order valence-electron chi connectivity index (χ3n) is 4.52. The molecule has 0 spiro atoms. The van der Waals surface area contributed by atoms with Crippen LogP contribution in [0.4, 0.5) is 8.78 Å². The third-order valence-corrected chi connectivity index (χ3v) is 5.39. The van der Waals surface area contributed by atoms with Gasteiger partial charge in [0.15, 0.2) is 5.82 Å². The Morgan fingerprint density at radius 3 is 2.50 bits per heavy atom. The topological polar surface area (TPSA) is 51.0 Å². The Morgan fingerprint density at radius 2 is 1.83 bits per heavy atom. The Kier molecular flexibility index (Phi) is 5.67. The fourth-order valence-corrected chi connectivity index (χ4v) is 3.78. The van der Waals surface area contributed by atoms with Crippen molar-refractivity contribution in [2.45, 2.75) is 13.5 Å². The van der Waals surface area contributed by atoms with Gasteiger partial charge in [-0.3, -0.25) is 4.79 Å². The quantitative estimate of drug-likeness (QED) is 0.441. The fraction of sp³-hybridized carbons (Fsp3) is 0.136. The molecule has 0 fully saturated rings. The molecule has 1 amide bonds. The standard InChI is InChI=1S/C22H18F2N4OS/c1-2-27(14-15-6-3-7-16(23)12-15)22(29)20-25-21(19-10-5-11-30-19)28(26-20)18-9-4-8-17(24)13-18/h3-13H,2,14H2,1H3. The maximum absolute atomic E-state index is 13.8. The monoisotopic (exact) mass is 424 g/mol. The number of amides is 1. The van der Waals surface area contributed by atoms with E-state index < -0.39 is 5.82 Å². The minimum Gasteiger partial charge on any atom is -0.332 e. The van der Waals surface area contributed by atoms with Crippen LogP contribution in [0.15, 0.2) is 66.0 Å². The van der Waals surface area contributed by atoms with Gasteiger partial charge in [0.05, 0.1) is 10.6 Å². The van der Waals surface area contributed by atoms with E-state index in [1.165, 1.54) is 45.2 Å². The normalized spacial score (nSPS) is 10.9. The van der Waals surface area contributed by atoms with Crippen molar-refractivity contribution >= 4 is 17.2 Å². The maximum atomic E-state index is 13.8. The first-order valence-corrected chi connectivity index (χ1v) is 10.2. The van der Waals surface area contributed by atoms with Crippen molar-refractivity contribution < 1.29 is 13.6 Å². The van der Waals surface area contributed by atoms with E-state index in [1.54, 1.807) is 24.3 Å². The smallest absolute Gasteiger partial charge is 0.293 e. The van der Waals surface area contributed by atoms with Crippen molar-refractivity contribution in [2.75, 3.05) is 6.54 Å². The number of thiophene rings is 1. The Morgan fingerprint density at radius 1 is 1.07 bits per heavy atom. The van der Waals surface area contributed by atoms with Crippen molar-refractivity contribution in [3.63, 3.8) is 0 Å². The molecular weight excluding hydrogens is 406 g/mol. The largest absolute Gasteiger partial charge is 0.332 e. The fourth-order valence-electron chi connectivity index (χ4n) is 3.08. The zero-order valence-corrected chi connectivity index (χ0v) is 16.9. The van der Waals surface area contributed by atoms with Gasteiger partial charge in [0.1, 0.15) is 11.6 Å². The number of carbonyl (C=O) groups excluding carboxylic acids is 1. The maximum Gasteiger partial charge on any atom is 0.293 e. The van der Waals surface area contributed by atoms with Crippen LogP contribution in [-0.4, -0.2) is 32.1 Å². The second kappa shape index (κ2) is 8.54. The SMILES string of the molecule is CCN(Cc1cccc(F)c1)C(=O)c1nc(-c2cccs2)n(-c2cccc(F)c2)n1. The van der Waals surface area contributed by atoms with Crippen LogP contribution in [-0.2, 0) is 6.54 Å². The molecule has 0 saturated carbocycles.